The Labute approximate surface area is 101 Å². The number of allylic oxidation sites excluding steroid dienone is 2. The zero-order valence-corrected chi connectivity index (χ0v) is 9.67. The molecule has 0 heterocycles. The Kier molecular flexibility index (Phi) is 6.41. The molecule has 90 valence electrons. The molecule has 0 unspecified atom stereocenters. The summed E-state index contributed by atoms with van der Waals surface area (Å²) in [7, 11) is 0. The lowest BCUT2D eigenvalue weighted by molar-refractivity contribution is -0.144. The van der Waals surface area contributed by atoms with Gasteiger partial charge in [0.15, 0.2) is 0 Å². The molecule has 17 heavy (non-hydrogen) atoms. The van der Waals surface area contributed by atoms with Crippen molar-refractivity contribution in [3.63, 3.8) is 0 Å². The first-order valence-corrected chi connectivity index (χ1v) is 5.61. The second-order valence-electron chi connectivity index (χ2n) is 3.56. The minimum atomic E-state index is -0.218. The van der Waals surface area contributed by atoms with E-state index in [1.54, 1.807) is 6.08 Å². The summed E-state index contributed by atoms with van der Waals surface area (Å²) in [4.78, 5) is 21.3. The van der Waals surface area contributed by atoms with Crippen molar-refractivity contribution < 1.29 is 14.3 Å². The van der Waals surface area contributed by atoms with Gasteiger partial charge in [0, 0.05) is 12.8 Å². The van der Waals surface area contributed by atoms with Gasteiger partial charge in [-0.3, -0.25) is 4.79 Å². The molecular formula is C14H16O3. The monoisotopic (exact) mass is 232 g/mol. The Bertz CT molecular complexity index is 368. The van der Waals surface area contributed by atoms with Crippen LogP contribution in [0.3, 0.4) is 0 Å². The minimum Gasteiger partial charge on any atom is -0.461 e. The molecule has 1 aromatic carbocycles. The van der Waals surface area contributed by atoms with Crippen molar-refractivity contribution in [3.05, 3.63) is 48.0 Å². The highest BCUT2D eigenvalue weighted by Gasteiger charge is 2.01. The number of carbonyl (C=O) groups is 2. The van der Waals surface area contributed by atoms with Crippen LogP contribution in [0, 0.1) is 0 Å². The normalized spacial score (nSPS) is 10.4. The molecule has 0 amide bonds. The van der Waals surface area contributed by atoms with Crippen LogP contribution in [0.4, 0.5) is 0 Å². The average molecular weight is 232 g/mol. The fraction of sp³-hybridized carbons (Fsp3) is 0.286. The summed E-state index contributed by atoms with van der Waals surface area (Å²) in [5.41, 5.74) is 0.984. The predicted molar refractivity (Wildman–Crippen MR) is 65.3 cm³/mol. The van der Waals surface area contributed by atoms with Crippen LogP contribution in [0.1, 0.15) is 24.8 Å². The zero-order valence-electron chi connectivity index (χ0n) is 9.67. The SMILES string of the molecule is O=CC/C=C\CCC(=O)OCc1ccccc1. The summed E-state index contributed by atoms with van der Waals surface area (Å²) in [5.74, 6) is -0.218. The smallest absolute Gasteiger partial charge is 0.306 e. The Balaban J connectivity index is 2.15. The van der Waals surface area contributed by atoms with E-state index in [1.807, 2.05) is 36.4 Å². The standard InChI is InChI=1S/C14H16O3/c15-11-7-2-1-6-10-14(16)17-12-13-8-4-3-5-9-13/h1-5,8-9,11H,6-7,10,12H2/b2-1-. The first-order valence-electron chi connectivity index (χ1n) is 5.61. The summed E-state index contributed by atoms with van der Waals surface area (Å²) < 4.78 is 5.09. The van der Waals surface area contributed by atoms with Gasteiger partial charge in [-0.25, -0.2) is 0 Å². The molecule has 1 rings (SSSR count). The van der Waals surface area contributed by atoms with E-state index >= 15 is 0 Å². The van der Waals surface area contributed by atoms with Crippen molar-refractivity contribution in [2.24, 2.45) is 0 Å². The van der Waals surface area contributed by atoms with E-state index in [0.29, 0.717) is 25.9 Å². The number of aldehydes is 1. The van der Waals surface area contributed by atoms with Gasteiger partial charge >= 0.3 is 5.97 Å². The van der Waals surface area contributed by atoms with Crippen LogP contribution in [-0.2, 0) is 20.9 Å². The molecule has 3 nitrogen and oxygen atoms in total. The molecular weight excluding hydrogens is 216 g/mol. The number of hydrogen-bond donors (Lipinski definition) is 0. The molecule has 0 spiro atoms. The van der Waals surface area contributed by atoms with Crippen LogP contribution in [0.5, 0.6) is 0 Å². The van der Waals surface area contributed by atoms with E-state index in [0.717, 1.165) is 11.8 Å². The van der Waals surface area contributed by atoms with Crippen molar-refractivity contribution in [1.29, 1.82) is 0 Å². The fourth-order valence-electron chi connectivity index (χ4n) is 1.28. The molecule has 3 heteroatoms. The van der Waals surface area contributed by atoms with E-state index in [-0.39, 0.29) is 5.97 Å². The Hall–Kier alpha value is -1.90. The fourth-order valence-corrected chi connectivity index (χ4v) is 1.28. The molecule has 1 aromatic rings. The third-order valence-corrected chi connectivity index (χ3v) is 2.16. The van der Waals surface area contributed by atoms with Crippen LogP contribution in [0.2, 0.25) is 0 Å². The second-order valence-corrected chi connectivity index (χ2v) is 3.56. The van der Waals surface area contributed by atoms with E-state index in [9.17, 15) is 9.59 Å². The molecule has 0 N–H and O–H groups in total. The first kappa shape index (κ1) is 13.2. The maximum Gasteiger partial charge on any atom is 0.306 e. The highest BCUT2D eigenvalue weighted by molar-refractivity contribution is 5.69. The molecule has 0 atom stereocenters. The Morgan fingerprint density at radius 3 is 2.65 bits per heavy atom. The van der Waals surface area contributed by atoms with E-state index in [4.69, 9.17) is 4.74 Å². The third-order valence-electron chi connectivity index (χ3n) is 2.16. The minimum absolute atomic E-state index is 0.218. The van der Waals surface area contributed by atoms with Crippen molar-refractivity contribution >= 4 is 12.3 Å². The number of carbonyl (C=O) groups excluding carboxylic acids is 2. The largest absolute Gasteiger partial charge is 0.461 e. The summed E-state index contributed by atoms with van der Waals surface area (Å²) in [6.07, 6.45) is 5.75. The molecule has 0 aliphatic carbocycles. The van der Waals surface area contributed by atoms with Gasteiger partial charge in [0.1, 0.15) is 12.9 Å². The highest BCUT2D eigenvalue weighted by Crippen LogP contribution is 2.03. The lowest BCUT2D eigenvalue weighted by atomic mass is 10.2. The quantitative estimate of drug-likeness (QED) is 0.412. The third kappa shape index (κ3) is 6.30. The maximum absolute atomic E-state index is 11.3. The van der Waals surface area contributed by atoms with E-state index in [1.165, 1.54) is 0 Å². The summed E-state index contributed by atoms with van der Waals surface area (Å²) in [6, 6.07) is 9.56. The molecule has 0 bridgehead atoms. The van der Waals surface area contributed by atoms with Crippen LogP contribution >= 0.6 is 0 Å². The number of ether oxygens (including phenoxy) is 1. The van der Waals surface area contributed by atoms with Gasteiger partial charge in [-0.1, -0.05) is 42.5 Å². The lowest BCUT2D eigenvalue weighted by Gasteiger charge is -2.03. The van der Waals surface area contributed by atoms with Gasteiger partial charge < -0.3 is 9.53 Å². The predicted octanol–water partition coefficient (Wildman–Crippen LogP) is 2.66. The molecule has 0 aliphatic heterocycles. The van der Waals surface area contributed by atoms with Gasteiger partial charge in [0.25, 0.3) is 0 Å². The molecule has 0 saturated heterocycles. The molecule has 0 aliphatic rings. The van der Waals surface area contributed by atoms with Crippen LogP contribution in [0.25, 0.3) is 0 Å². The molecule has 0 fully saturated rings. The van der Waals surface area contributed by atoms with Crippen LogP contribution < -0.4 is 0 Å². The lowest BCUT2D eigenvalue weighted by Crippen LogP contribution is -2.03. The van der Waals surface area contributed by atoms with Crippen LogP contribution in [0.15, 0.2) is 42.5 Å². The van der Waals surface area contributed by atoms with Crippen molar-refractivity contribution in [2.45, 2.75) is 25.9 Å². The number of hydrogen-bond acceptors (Lipinski definition) is 3. The van der Waals surface area contributed by atoms with Crippen molar-refractivity contribution in [1.82, 2.24) is 0 Å². The van der Waals surface area contributed by atoms with Gasteiger partial charge in [0.2, 0.25) is 0 Å². The van der Waals surface area contributed by atoms with Gasteiger partial charge in [-0.2, -0.15) is 0 Å². The number of esters is 1. The summed E-state index contributed by atoms with van der Waals surface area (Å²) in [6.45, 7) is 0.317. The van der Waals surface area contributed by atoms with Crippen LogP contribution in [-0.4, -0.2) is 12.3 Å². The first-order chi connectivity index (χ1) is 8.33. The molecule has 0 saturated carbocycles. The Morgan fingerprint density at radius 2 is 1.94 bits per heavy atom. The molecule has 0 radical (unpaired) electrons. The maximum atomic E-state index is 11.3. The zero-order chi connectivity index (χ0) is 12.3. The van der Waals surface area contributed by atoms with Crippen molar-refractivity contribution in [2.75, 3.05) is 0 Å². The summed E-state index contributed by atoms with van der Waals surface area (Å²) >= 11 is 0. The van der Waals surface area contributed by atoms with Gasteiger partial charge in [-0.15, -0.1) is 0 Å². The topological polar surface area (TPSA) is 43.4 Å². The highest BCUT2D eigenvalue weighted by atomic mass is 16.5. The molecule has 0 aromatic heterocycles. The second kappa shape index (κ2) is 8.28. The Morgan fingerprint density at radius 1 is 1.18 bits per heavy atom. The number of benzene rings is 1. The van der Waals surface area contributed by atoms with Gasteiger partial charge in [0.05, 0.1) is 0 Å². The average Bonchev–Trinajstić information content (AvgIpc) is 2.37. The van der Waals surface area contributed by atoms with Gasteiger partial charge in [-0.05, 0) is 12.0 Å². The van der Waals surface area contributed by atoms with E-state index in [2.05, 4.69) is 0 Å². The van der Waals surface area contributed by atoms with E-state index < -0.39 is 0 Å². The summed E-state index contributed by atoms with van der Waals surface area (Å²) in [5, 5.41) is 0. The van der Waals surface area contributed by atoms with Crippen molar-refractivity contribution in [3.8, 4) is 0 Å². The number of rotatable bonds is 7.